The lowest BCUT2D eigenvalue weighted by molar-refractivity contribution is 0.612. The van der Waals surface area contributed by atoms with Crippen LogP contribution in [0.25, 0.3) is 22.6 Å². The SMILES string of the molecule is CC(C)n1c(-c2ccccc2)nc(Cl)c1-c1ccc(Cl)cc1. The summed E-state index contributed by atoms with van der Waals surface area (Å²) < 4.78 is 2.17. The topological polar surface area (TPSA) is 17.8 Å². The maximum Gasteiger partial charge on any atom is 0.155 e. The molecule has 0 fully saturated rings. The minimum atomic E-state index is 0.237. The van der Waals surface area contributed by atoms with Crippen LogP contribution < -0.4 is 0 Å². The van der Waals surface area contributed by atoms with Gasteiger partial charge in [0, 0.05) is 22.2 Å². The molecule has 112 valence electrons. The third-order valence-corrected chi connectivity index (χ3v) is 4.05. The number of benzene rings is 2. The van der Waals surface area contributed by atoms with Gasteiger partial charge in [0.15, 0.2) is 5.15 Å². The standard InChI is InChI=1S/C18H16Cl2N2/c1-12(2)22-16(13-8-10-15(19)11-9-13)17(20)21-18(22)14-6-4-3-5-7-14/h3-12H,1-2H3. The van der Waals surface area contributed by atoms with E-state index < -0.39 is 0 Å². The molecule has 0 unspecified atom stereocenters. The molecule has 1 heterocycles. The van der Waals surface area contributed by atoms with Gasteiger partial charge < -0.3 is 4.57 Å². The highest BCUT2D eigenvalue weighted by Crippen LogP contribution is 2.36. The van der Waals surface area contributed by atoms with Crippen molar-refractivity contribution in [2.45, 2.75) is 19.9 Å². The van der Waals surface area contributed by atoms with E-state index in [1.54, 1.807) is 0 Å². The molecule has 0 saturated heterocycles. The first-order valence-electron chi connectivity index (χ1n) is 7.17. The van der Waals surface area contributed by atoms with Gasteiger partial charge in [-0.2, -0.15) is 0 Å². The summed E-state index contributed by atoms with van der Waals surface area (Å²) in [4.78, 5) is 4.60. The van der Waals surface area contributed by atoms with Crippen LogP contribution in [0.5, 0.6) is 0 Å². The summed E-state index contributed by atoms with van der Waals surface area (Å²) in [6.45, 7) is 4.26. The van der Waals surface area contributed by atoms with Gasteiger partial charge in [-0.15, -0.1) is 0 Å². The van der Waals surface area contributed by atoms with E-state index in [2.05, 4.69) is 23.4 Å². The maximum absolute atomic E-state index is 6.45. The number of aromatic nitrogens is 2. The minimum absolute atomic E-state index is 0.237. The molecule has 3 rings (SSSR count). The fourth-order valence-corrected chi connectivity index (χ4v) is 2.97. The molecule has 2 nitrogen and oxygen atoms in total. The molecule has 0 amide bonds. The lowest BCUT2D eigenvalue weighted by Crippen LogP contribution is -2.05. The first kappa shape index (κ1) is 15.1. The average molecular weight is 331 g/mol. The minimum Gasteiger partial charge on any atom is -0.320 e. The molecule has 0 aliphatic carbocycles. The summed E-state index contributed by atoms with van der Waals surface area (Å²) >= 11 is 12.4. The van der Waals surface area contributed by atoms with E-state index in [0.717, 1.165) is 22.6 Å². The number of halogens is 2. The van der Waals surface area contributed by atoms with E-state index in [1.165, 1.54) is 0 Å². The largest absolute Gasteiger partial charge is 0.320 e. The fourth-order valence-electron chi connectivity index (χ4n) is 2.56. The van der Waals surface area contributed by atoms with Crippen molar-refractivity contribution in [2.24, 2.45) is 0 Å². The molecule has 0 bridgehead atoms. The summed E-state index contributed by atoms with van der Waals surface area (Å²) in [5.41, 5.74) is 2.99. The molecule has 0 N–H and O–H groups in total. The quantitative estimate of drug-likeness (QED) is 0.566. The summed E-state index contributed by atoms with van der Waals surface area (Å²) in [6.07, 6.45) is 0. The van der Waals surface area contributed by atoms with Crippen LogP contribution in [0.1, 0.15) is 19.9 Å². The van der Waals surface area contributed by atoms with E-state index in [4.69, 9.17) is 23.2 Å². The molecule has 0 aliphatic rings. The molecule has 0 aliphatic heterocycles. The molecule has 0 atom stereocenters. The molecular formula is C18H16Cl2N2. The fraction of sp³-hybridized carbons (Fsp3) is 0.167. The van der Waals surface area contributed by atoms with Crippen LogP contribution in [-0.4, -0.2) is 9.55 Å². The Bertz CT molecular complexity index is 775. The zero-order valence-electron chi connectivity index (χ0n) is 12.4. The zero-order chi connectivity index (χ0) is 15.7. The molecule has 2 aromatic carbocycles. The first-order valence-corrected chi connectivity index (χ1v) is 7.92. The Labute approximate surface area is 140 Å². The van der Waals surface area contributed by atoms with Gasteiger partial charge in [0.25, 0.3) is 0 Å². The Hall–Kier alpha value is -1.77. The normalized spacial score (nSPS) is 11.1. The molecule has 0 spiro atoms. The summed E-state index contributed by atoms with van der Waals surface area (Å²) in [7, 11) is 0. The third-order valence-electron chi connectivity index (χ3n) is 3.53. The Morgan fingerprint density at radius 3 is 2.09 bits per heavy atom. The first-order chi connectivity index (χ1) is 10.6. The van der Waals surface area contributed by atoms with Gasteiger partial charge in [-0.1, -0.05) is 65.7 Å². The van der Waals surface area contributed by atoms with Crippen LogP contribution in [0, 0.1) is 0 Å². The van der Waals surface area contributed by atoms with Crippen molar-refractivity contribution >= 4 is 23.2 Å². The second-order valence-corrected chi connectivity index (χ2v) is 6.21. The number of rotatable bonds is 3. The van der Waals surface area contributed by atoms with E-state index in [0.29, 0.717) is 10.2 Å². The second-order valence-electron chi connectivity index (χ2n) is 5.41. The lowest BCUT2D eigenvalue weighted by atomic mass is 10.1. The van der Waals surface area contributed by atoms with Crippen LogP contribution in [0.2, 0.25) is 10.2 Å². The van der Waals surface area contributed by atoms with Gasteiger partial charge >= 0.3 is 0 Å². The van der Waals surface area contributed by atoms with Crippen molar-refractivity contribution in [1.29, 1.82) is 0 Å². The number of nitrogens with zero attached hydrogens (tertiary/aromatic N) is 2. The number of hydrogen-bond donors (Lipinski definition) is 0. The summed E-state index contributed by atoms with van der Waals surface area (Å²) in [6, 6.07) is 18.0. The molecule has 3 aromatic rings. The van der Waals surface area contributed by atoms with Crippen LogP contribution in [-0.2, 0) is 0 Å². The van der Waals surface area contributed by atoms with Crippen molar-refractivity contribution in [3.05, 3.63) is 64.8 Å². The monoisotopic (exact) mass is 330 g/mol. The van der Waals surface area contributed by atoms with Gasteiger partial charge in [0.2, 0.25) is 0 Å². The van der Waals surface area contributed by atoms with Crippen LogP contribution >= 0.6 is 23.2 Å². The molecule has 4 heteroatoms. The zero-order valence-corrected chi connectivity index (χ0v) is 13.9. The van der Waals surface area contributed by atoms with Gasteiger partial charge in [0.05, 0.1) is 5.69 Å². The van der Waals surface area contributed by atoms with Crippen molar-refractivity contribution in [1.82, 2.24) is 9.55 Å². The molecular weight excluding hydrogens is 315 g/mol. The van der Waals surface area contributed by atoms with Gasteiger partial charge in [-0.25, -0.2) is 4.98 Å². The Balaban J connectivity index is 2.23. The van der Waals surface area contributed by atoms with E-state index in [-0.39, 0.29) is 6.04 Å². The predicted molar refractivity (Wildman–Crippen MR) is 93.5 cm³/mol. The van der Waals surface area contributed by atoms with E-state index in [1.807, 2.05) is 54.6 Å². The second kappa shape index (κ2) is 6.15. The highest BCUT2D eigenvalue weighted by atomic mass is 35.5. The van der Waals surface area contributed by atoms with Crippen LogP contribution in [0.4, 0.5) is 0 Å². The highest BCUT2D eigenvalue weighted by Gasteiger charge is 2.20. The molecule has 0 radical (unpaired) electrons. The number of imidazole rings is 1. The van der Waals surface area contributed by atoms with Crippen molar-refractivity contribution in [3.63, 3.8) is 0 Å². The summed E-state index contributed by atoms with van der Waals surface area (Å²) in [5.74, 6) is 0.880. The smallest absolute Gasteiger partial charge is 0.155 e. The van der Waals surface area contributed by atoms with Gasteiger partial charge in [0.1, 0.15) is 5.82 Å². The lowest BCUT2D eigenvalue weighted by Gasteiger charge is -2.16. The Kier molecular flexibility index (Phi) is 4.23. The highest BCUT2D eigenvalue weighted by molar-refractivity contribution is 6.32. The predicted octanol–water partition coefficient (Wildman–Crippen LogP) is 6.10. The number of hydrogen-bond acceptors (Lipinski definition) is 1. The van der Waals surface area contributed by atoms with Crippen molar-refractivity contribution < 1.29 is 0 Å². The molecule has 1 aromatic heterocycles. The summed E-state index contributed by atoms with van der Waals surface area (Å²) in [5, 5.41) is 1.22. The van der Waals surface area contributed by atoms with E-state index in [9.17, 15) is 0 Å². The van der Waals surface area contributed by atoms with Crippen molar-refractivity contribution in [3.8, 4) is 22.6 Å². The molecule has 22 heavy (non-hydrogen) atoms. The van der Waals surface area contributed by atoms with Gasteiger partial charge in [-0.05, 0) is 26.0 Å². The van der Waals surface area contributed by atoms with Crippen molar-refractivity contribution in [2.75, 3.05) is 0 Å². The van der Waals surface area contributed by atoms with E-state index >= 15 is 0 Å². The molecule has 0 saturated carbocycles. The Morgan fingerprint density at radius 2 is 1.50 bits per heavy atom. The average Bonchev–Trinajstić information content (AvgIpc) is 2.87. The third kappa shape index (κ3) is 2.77. The maximum atomic E-state index is 6.45. The van der Waals surface area contributed by atoms with Crippen LogP contribution in [0.15, 0.2) is 54.6 Å². The van der Waals surface area contributed by atoms with Gasteiger partial charge in [-0.3, -0.25) is 0 Å². The Morgan fingerprint density at radius 1 is 0.864 bits per heavy atom. The van der Waals surface area contributed by atoms with Crippen LogP contribution in [0.3, 0.4) is 0 Å².